The van der Waals surface area contributed by atoms with Crippen molar-refractivity contribution >= 4 is 9.84 Å². The summed E-state index contributed by atoms with van der Waals surface area (Å²) in [5, 5.41) is 2.50. The molecule has 1 aliphatic carbocycles. The lowest BCUT2D eigenvalue weighted by Crippen LogP contribution is -2.36. The van der Waals surface area contributed by atoms with E-state index in [-0.39, 0.29) is 16.5 Å². The van der Waals surface area contributed by atoms with Crippen molar-refractivity contribution in [3.05, 3.63) is 35.4 Å². The lowest BCUT2D eigenvalue weighted by atomic mass is 10.1. The Morgan fingerprint density at radius 1 is 1.29 bits per heavy atom. The molecule has 1 N–H and O–H groups in total. The zero-order chi connectivity index (χ0) is 12.6. The Morgan fingerprint density at radius 3 is 2.53 bits per heavy atom. The summed E-state index contributed by atoms with van der Waals surface area (Å²) < 4.78 is 24.7. The first-order valence-electron chi connectivity index (χ1n) is 5.96. The molecule has 17 heavy (non-hydrogen) atoms. The number of hydrogen-bond donors (Lipinski definition) is 1. The van der Waals surface area contributed by atoms with Gasteiger partial charge in [-0.15, -0.1) is 0 Å². The van der Waals surface area contributed by atoms with Gasteiger partial charge in [0, 0.05) is 6.04 Å². The third-order valence-corrected chi connectivity index (χ3v) is 6.17. The number of benzene rings is 1. The van der Waals surface area contributed by atoms with E-state index in [1.165, 1.54) is 0 Å². The molecule has 3 nitrogen and oxygen atoms in total. The molecule has 0 heterocycles. The number of sulfone groups is 1. The van der Waals surface area contributed by atoms with Gasteiger partial charge in [0.15, 0.2) is 9.84 Å². The Bertz CT molecular complexity index is 508. The third-order valence-electron chi connectivity index (χ3n) is 3.57. The van der Waals surface area contributed by atoms with E-state index in [0.717, 1.165) is 11.1 Å². The summed E-state index contributed by atoms with van der Waals surface area (Å²) in [5.41, 5.74) is 2.28. The summed E-state index contributed by atoms with van der Waals surface area (Å²) >= 11 is 0. The molecular weight excluding hydrogens is 234 g/mol. The summed E-state index contributed by atoms with van der Waals surface area (Å²) in [7, 11) is -1.24. The SMILES string of the molecule is CNC1c2ccccc2CC1S(=O)(=O)C(C)C. The first-order valence-corrected chi connectivity index (χ1v) is 7.57. The van der Waals surface area contributed by atoms with E-state index in [0.29, 0.717) is 6.42 Å². The van der Waals surface area contributed by atoms with Crippen LogP contribution < -0.4 is 5.32 Å². The van der Waals surface area contributed by atoms with Gasteiger partial charge in [-0.2, -0.15) is 0 Å². The molecule has 0 aromatic heterocycles. The highest BCUT2D eigenvalue weighted by molar-refractivity contribution is 7.92. The summed E-state index contributed by atoms with van der Waals surface area (Å²) in [6.07, 6.45) is 0.627. The van der Waals surface area contributed by atoms with Crippen molar-refractivity contribution in [2.75, 3.05) is 7.05 Å². The van der Waals surface area contributed by atoms with Gasteiger partial charge in [0.2, 0.25) is 0 Å². The van der Waals surface area contributed by atoms with Gasteiger partial charge >= 0.3 is 0 Å². The summed E-state index contributed by atoms with van der Waals surface area (Å²) in [4.78, 5) is 0. The Kier molecular flexibility index (Phi) is 3.27. The average Bonchev–Trinajstić information content (AvgIpc) is 2.67. The summed E-state index contributed by atoms with van der Waals surface area (Å²) in [6, 6.07) is 7.91. The van der Waals surface area contributed by atoms with Gasteiger partial charge in [0.05, 0.1) is 10.5 Å². The maximum atomic E-state index is 12.3. The second-order valence-corrected chi connectivity index (χ2v) is 7.57. The zero-order valence-electron chi connectivity index (χ0n) is 10.5. The molecule has 0 saturated heterocycles. The molecule has 1 aromatic carbocycles. The lowest BCUT2D eigenvalue weighted by Gasteiger charge is -2.22. The Hall–Kier alpha value is -0.870. The molecule has 0 aliphatic heterocycles. The highest BCUT2D eigenvalue weighted by Gasteiger charge is 2.41. The van der Waals surface area contributed by atoms with Gasteiger partial charge in [0.1, 0.15) is 0 Å². The molecule has 94 valence electrons. The molecule has 0 saturated carbocycles. The van der Waals surface area contributed by atoms with Crippen molar-refractivity contribution in [2.45, 2.75) is 36.8 Å². The van der Waals surface area contributed by atoms with Crippen LogP contribution in [0.1, 0.15) is 31.0 Å². The minimum Gasteiger partial charge on any atom is -0.312 e. The molecular formula is C13H19NO2S. The first kappa shape index (κ1) is 12.6. The van der Waals surface area contributed by atoms with Crippen molar-refractivity contribution < 1.29 is 8.42 Å². The van der Waals surface area contributed by atoms with Crippen LogP contribution in [0.15, 0.2) is 24.3 Å². The van der Waals surface area contributed by atoms with E-state index in [1.807, 2.05) is 31.3 Å². The first-order chi connectivity index (χ1) is 7.98. The molecule has 0 spiro atoms. The van der Waals surface area contributed by atoms with Crippen molar-refractivity contribution in [1.29, 1.82) is 0 Å². The smallest absolute Gasteiger partial charge is 0.157 e. The maximum Gasteiger partial charge on any atom is 0.157 e. The third kappa shape index (κ3) is 2.00. The van der Waals surface area contributed by atoms with E-state index in [1.54, 1.807) is 13.8 Å². The van der Waals surface area contributed by atoms with Crippen LogP contribution in [0, 0.1) is 0 Å². The topological polar surface area (TPSA) is 46.2 Å². The number of nitrogens with one attached hydrogen (secondary N) is 1. The van der Waals surface area contributed by atoms with Crippen LogP contribution in [0.25, 0.3) is 0 Å². The van der Waals surface area contributed by atoms with E-state index in [9.17, 15) is 8.42 Å². The van der Waals surface area contributed by atoms with Crippen molar-refractivity contribution in [2.24, 2.45) is 0 Å². The van der Waals surface area contributed by atoms with E-state index >= 15 is 0 Å². The molecule has 0 bridgehead atoms. The fourth-order valence-electron chi connectivity index (χ4n) is 2.56. The number of fused-ring (bicyclic) bond motifs is 1. The van der Waals surface area contributed by atoms with Gasteiger partial charge in [-0.3, -0.25) is 0 Å². The maximum absolute atomic E-state index is 12.3. The number of rotatable bonds is 3. The van der Waals surface area contributed by atoms with Crippen LogP contribution in [0.5, 0.6) is 0 Å². The quantitative estimate of drug-likeness (QED) is 0.891. The predicted molar refractivity (Wildman–Crippen MR) is 69.8 cm³/mol. The minimum absolute atomic E-state index is 0.0707. The minimum atomic E-state index is -3.07. The van der Waals surface area contributed by atoms with Gasteiger partial charge in [-0.05, 0) is 38.4 Å². The predicted octanol–water partition coefficient (Wildman–Crippen LogP) is 1.69. The number of hydrogen-bond acceptors (Lipinski definition) is 3. The van der Waals surface area contributed by atoms with Gasteiger partial charge in [-0.25, -0.2) is 8.42 Å². The van der Waals surface area contributed by atoms with Crippen LogP contribution in [-0.2, 0) is 16.3 Å². The molecule has 2 rings (SSSR count). The fraction of sp³-hybridized carbons (Fsp3) is 0.538. The zero-order valence-corrected chi connectivity index (χ0v) is 11.3. The monoisotopic (exact) mass is 253 g/mol. The fourth-order valence-corrected chi connectivity index (χ4v) is 4.33. The summed E-state index contributed by atoms with van der Waals surface area (Å²) in [5.74, 6) is 0. The van der Waals surface area contributed by atoms with Gasteiger partial charge < -0.3 is 5.32 Å². The van der Waals surface area contributed by atoms with Crippen LogP contribution in [0.4, 0.5) is 0 Å². The van der Waals surface area contributed by atoms with Crippen LogP contribution in [0.3, 0.4) is 0 Å². The molecule has 0 amide bonds. The van der Waals surface area contributed by atoms with Crippen molar-refractivity contribution in [3.8, 4) is 0 Å². The normalized spacial score (nSPS) is 24.0. The molecule has 0 radical (unpaired) electrons. The van der Waals surface area contributed by atoms with Gasteiger partial charge in [-0.1, -0.05) is 24.3 Å². The molecule has 0 fully saturated rings. The van der Waals surface area contributed by atoms with Crippen LogP contribution >= 0.6 is 0 Å². The second-order valence-electron chi connectivity index (χ2n) is 4.85. The van der Waals surface area contributed by atoms with E-state index in [2.05, 4.69) is 5.32 Å². The van der Waals surface area contributed by atoms with E-state index in [4.69, 9.17) is 0 Å². The molecule has 1 aromatic rings. The molecule has 2 atom stereocenters. The van der Waals surface area contributed by atoms with Crippen LogP contribution in [0.2, 0.25) is 0 Å². The highest BCUT2D eigenvalue weighted by Crippen LogP contribution is 2.36. The standard InChI is InChI=1S/C13H19NO2S/c1-9(2)17(15,16)12-8-10-6-4-5-7-11(10)13(12)14-3/h4-7,9,12-14H,8H2,1-3H3. The van der Waals surface area contributed by atoms with Crippen molar-refractivity contribution in [1.82, 2.24) is 5.32 Å². The molecule has 1 aliphatic rings. The lowest BCUT2D eigenvalue weighted by molar-refractivity contribution is 0.529. The Balaban J connectivity index is 2.43. The largest absolute Gasteiger partial charge is 0.312 e. The highest BCUT2D eigenvalue weighted by atomic mass is 32.2. The Labute approximate surface area is 103 Å². The van der Waals surface area contributed by atoms with Gasteiger partial charge in [0.25, 0.3) is 0 Å². The van der Waals surface area contributed by atoms with Crippen LogP contribution in [-0.4, -0.2) is 26.0 Å². The van der Waals surface area contributed by atoms with E-state index < -0.39 is 9.84 Å². The average molecular weight is 253 g/mol. The Morgan fingerprint density at radius 2 is 1.94 bits per heavy atom. The molecule has 4 heteroatoms. The second kappa shape index (κ2) is 4.42. The van der Waals surface area contributed by atoms with Crippen molar-refractivity contribution in [3.63, 3.8) is 0 Å². The summed E-state index contributed by atoms with van der Waals surface area (Å²) in [6.45, 7) is 3.51. The molecule has 2 unspecified atom stereocenters.